The van der Waals surface area contributed by atoms with Crippen molar-refractivity contribution in [2.24, 2.45) is 0 Å². The summed E-state index contributed by atoms with van der Waals surface area (Å²) in [5.74, 6) is 0.245. The molecule has 0 aromatic heterocycles. The molecule has 0 radical (unpaired) electrons. The van der Waals surface area contributed by atoms with E-state index in [0.29, 0.717) is 23.5 Å². The first-order valence-electron chi connectivity index (χ1n) is 7.87. The Hall–Kier alpha value is -2.82. The maximum Gasteiger partial charge on any atom is 0.262 e. The van der Waals surface area contributed by atoms with Gasteiger partial charge in [0.2, 0.25) is 0 Å². The lowest BCUT2D eigenvalue weighted by Crippen LogP contribution is -2.23. The Kier molecular flexibility index (Phi) is 5.95. The lowest BCUT2D eigenvalue weighted by molar-refractivity contribution is -0.118. The summed E-state index contributed by atoms with van der Waals surface area (Å²) in [4.78, 5) is 23.8. The van der Waals surface area contributed by atoms with E-state index in [1.807, 2.05) is 39.0 Å². The quantitative estimate of drug-likeness (QED) is 0.857. The number of hydrogen-bond donors (Lipinski definition) is 2. The van der Waals surface area contributed by atoms with Gasteiger partial charge in [0.25, 0.3) is 11.8 Å². The normalized spacial score (nSPS) is 10.1. The first kappa shape index (κ1) is 17.5. The van der Waals surface area contributed by atoms with Gasteiger partial charge in [0.1, 0.15) is 5.75 Å². The van der Waals surface area contributed by atoms with Crippen LogP contribution in [0.2, 0.25) is 0 Å². The Morgan fingerprint density at radius 2 is 1.88 bits per heavy atom. The summed E-state index contributed by atoms with van der Waals surface area (Å²) >= 11 is 0. The molecule has 2 aromatic carbocycles. The van der Waals surface area contributed by atoms with E-state index in [1.54, 1.807) is 24.3 Å². The number of carbonyl (C=O) groups excluding carboxylic acids is 2. The predicted molar refractivity (Wildman–Crippen MR) is 94.5 cm³/mol. The van der Waals surface area contributed by atoms with Crippen molar-refractivity contribution in [3.8, 4) is 5.75 Å². The number of amides is 2. The van der Waals surface area contributed by atoms with Crippen LogP contribution in [0.15, 0.2) is 42.5 Å². The van der Waals surface area contributed by atoms with E-state index < -0.39 is 0 Å². The van der Waals surface area contributed by atoms with Gasteiger partial charge in [-0.2, -0.15) is 0 Å². The number of rotatable bonds is 6. The van der Waals surface area contributed by atoms with Crippen LogP contribution in [-0.2, 0) is 4.79 Å². The molecule has 0 bridgehead atoms. The lowest BCUT2D eigenvalue weighted by Gasteiger charge is -2.11. The third kappa shape index (κ3) is 4.84. The Bertz CT molecular complexity index is 741. The molecule has 2 N–H and O–H groups in total. The van der Waals surface area contributed by atoms with Crippen molar-refractivity contribution in [3.05, 3.63) is 59.2 Å². The van der Waals surface area contributed by atoms with Gasteiger partial charge in [0.05, 0.1) is 0 Å². The smallest absolute Gasteiger partial charge is 0.262 e. The second kappa shape index (κ2) is 8.15. The summed E-state index contributed by atoms with van der Waals surface area (Å²) in [5.41, 5.74) is 3.20. The number of hydrogen-bond acceptors (Lipinski definition) is 3. The van der Waals surface area contributed by atoms with Gasteiger partial charge in [0, 0.05) is 17.8 Å². The lowest BCUT2D eigenvalue weighted by atomic mass is 10.1. The molecule has 2 aromatic rings. The van der Waals surface area contributed by atoms with Crippen LogP contribution in [0.4, 0.5) is 5.69 Å². The monoisotopic (exact) mass is 326 g/mol. The minimum atomic E-state index is -0.275. The third-order valence-corrected chi connectivity index (χ3v) is 3.44. The Morgan fingerprint density at radius 1 is 1.08 bits per heavy atom. The predicted octanol–water partition coefficient (Wildman–Crippen LogP) is 3.07. The molecule has 0 saturated heterocycles. The molecule has 2 rings (SSSR count). The molecule has 126 valence electrons. The zero-order valence-corrected chi connectivity index (χ0v) is 14.2. The Balaban J connectivity index is 1.95. The largest absolute Gasteiger partial charge is 0.483 e. The zero-order valence-electron chi connectivity index (χ0n) is 14.2. The summed E-state index contributed by atoms with van der Waals surface area (Å²) in [7, 11) is 0. The first-order chi connectivity index (χ1) is 11.5. The van der Waals surface area contributed by atoms with E-state index in [-0.39, 0.29) is 18.4 Å². The highest BCUT2D eigenvalue weighted by Crippen LogP contribution is 2.18. The van der Waals surface area contributed by atoms with Crippen molar-refractivity contribution >= 4 is 17.5 Å². The molecule has 0 saturated carbocycles. The van der Waals surface area contributed by atoms with Crippen LogP contribution in [0.25, 0.3) is 0 Å². The minimum Gasteiger partial charge on any atom is -0.483 e. The fourth-order valence-corrected chi connectivity index (χ4v) is 2.30. The molecule has 0 aliphatic carbocycles. The minimum absolute atomic E-state index is 0.0880. The molecule has 0 fully saturated rings. The van der Waals surface area contributed by atoms with E-state index in [0.717, 1.165) is 11.1 Å². The van der Waals surface area contributed by atoms with Crippen LogP contribution in [0.5, 0.6) is 5.75 Å². The summed E-state index contributed by atoms with van der Waals surface area (Å²) in [6.07, 6.45) is 0. The Morgan fingerprint density at radius 3 is 2.58 bits per heavy atom. The van der Waals surface area contributed by atoms with Crippen molar-refractivity contribution in [1.82, 2.24) is 5.32 Å². The van der Waals surface area contributed by atoms with Gasteiger partial charge < -0.3 is 15.4 Å². The molecule has 0 spiro atoms. The van der Waals surface area contributed by atoms with Crippen molar-refractivity contribution in [2.45, 2.75) is 20.8 Å². The summed E-state index contributed by atoms with van der Waals surface area (Å²) in [6, 6.07) is 12.6. The van der Waals surface area contributed by atoms with Crippen molar-refractivity contribution in [3.63, 3.8) is 0 Å². The maximum absolute atomic E-state index is 12.0. The van der Waals surface area contributed by atoms with Crippen LogP contribution in [-0.4, -0.2) is 25.0 Å². The molecule has 0 heterocycles. The van der Waals surface area contributed by atoms with E-state index in [9.17, 15) is 9.59 Å². The fourth-order valence-electron chi connectivity index (χ4n) is 2.30. The fraction of sp³-hybridized carbons (Fsp3) is 0.263. The molecule has 5 heteroatoms. The second-order valence-corrected chi connectivity index (χ2v) is 5.55. The Labute approximate surface area is 142 Å². The zero-order chi connectivity index (χ0) is 17.5. The van der Waals surface area contributed by atoms with Crippen LogP contribution in [0.1, 0.15) is 28.4 Å². The van der Waals surface area contributed by atoms with Crippen molar-refractivity contribution in [2.75, 3.05) is 18.5 Å². The molecule has 0 aliphatic heterocycles. The standard InChI is InChI=1S/C19H22N2O3/c1-4-20-19(23)15-6-5-7-16(11-15)21-18(22)12-24-17-9-8-13(2)10-14(17)3/h5-11H,4,12H2,1-3H3,(H,20,23)(H,21,22). The van der Waals surface area contributed by atoms with Gasteiger partial charge in [-0.15, -0.1) is 0 Å². The van der Waals surface area contributed by atoms with Crippen LogP contribution in [0, 0.1) is 13.8 Å². The van der Waals surface area contributed by atoms with Gasteiger partial charge in [-0.05, 0) is 50.6 Å². The van der Waals surface area contributed by atoms with Crippen molar-refractivity contribution < 1.29 is 14.3 Å². The van der Waals surface area contributed by atoms with Gasteiger partial charge in [0.15, 0.2) is 6.61 Å². The molecule has 0 aliphatic rings. The average molecular weight is 326 g/mol. The number of aryl methyl sites for hydroxylation is 2. The van der Waals surface area contributed by atoms with E-state index in [2.05, 4.69) is 10.6 Å². The van der Waals surface area contributed by atoms with Crippen LogP contribution >= 0.6 is 0 Å². The molecular formula is C19H22N2O3. The van der Waals surface area contributed by atoms with Gasteiger partial charge in [-0.25, -0.2) is 0 Å². The number of anilines is 1. The highest BCUT2D eigenvalue weighted by molar-refractivity contribution is 5.97. The summed E-state index contributed by atoms with van der Waals surface area (Å²) in [5, 5.41) is 5.46. The number of carbonyl (C=O) groups is 2. The van der Waals surface area contributed by atoms with Gasteiger partial charge in [-0.3, -0.25) is 9.59 Å². The molecule has 0 atom stereocenters. The highest BCUT2D eigenvalue weighted by atomic mass is 16.5. The van der Waals surface area contributed by atoms with E-state index >= 15 is 0 Å². The van der Waals surface area contributed by atoms with E-state index in [1.165, 1.54) is 0 Å². The maximum atomic E-state index is 12.0. The van der Waals surface area contributed by atoms with Gasteiger partial charge in [-0.1, -0.05) is 23.8 Å². The number of benzene rings is 2. The topological polar surface area (TPSA) is 67.4 Å². The van der Waals surface area contributed by atoms with Crippen molar-refractivity contribution in [1.29, 1.82) is 0 Å². The average Bonchev–Trinajstić information content (AvgIpc) is 2.54. The molecule has 24 heavy (non-hydrogen) atoms. The molecule has 0 unspecified atom stereocenters. The number of ether oxygens (including phenoxy) is 1. The van der Waals surface area contributed by atoms with E-state index in [4.69, 9.17) is 4.74 Å². The summed E-state index contributed by atoms with van der Waals surface area (Å²) < 4.78 is 5.55. The van der Waals surface area contributed by atoms with Gasteiger partial charge >= 0.3 is 0 Å². The molecule has 5 nitrogen and oxygen atoms in total. The molecular weight excluding hydrogens is 304 g/mol. The SMILES string of the molecule is CCNC(=O)c1cccc(NC(=O)COc2ccc(C)cc2C)c1. The highest BCUT2D eigenvalue weighted by Gasteiger charge is 2.08. The number of nitrogens with one attached hydrogen (secondary N) is 2. The first-order valence-corrected chi connectivity index (χ1v) is 7.87. The van der Waals surface area contributed by atoms with Crippen LogP contribution < -0.4 is 15.4 Å². The molecule has 2 amide bonds. The van der Waals surface area contributed by atoms with Crippen LogP contribution in [0.3, 0.4) is 0 Å². The summed E-state index contributed by atoms with van der Waals surface area (Å²) in [6.45, 7) is 6.27. The third-order valence-electron chi connectivity index (χ3n) is 3.44. The second-order valence-electron chi connectivity index (χ2n) is 5.55.